The molecule has 4 amide bonds. The number of carbonyl (C=O) groups is 4. The third kappa shape index (κ3) is 7.00. The summed E-state index contributed by atoms with van der Waals surface area (Å²) in [6.45, 7) is 5.14. The number of methoxy groups -OCH3 is 1. The minimum Gasteiger partial charge on any atom is -0.493 e. The highest BCUT2D eigenvalue weighted by molar-refractivity contribution is 9.10. The molecule has 0 spiro atoms. The zero-order valence-corrected chi connectivity index (χ0v) is 24.1. The number of amides is 4. The van der Waals surface area contributed by atoms with Crippen LogP contribution < -0.4 is 14.8 Å². The van der Waals surface area contributed by atoms with Gasteiger partial charge in [0.05, 0.1) is 30.9 Å². The van der Waals surface area contributed by atoms with E-state index in [1.165, 1.54) is 7.11 Å². The number of ether oxygens (including phenoxy) is 3. The van der Waals surface area contributed by atoms with E-state index in [-0.39, 0.29) is 29.9 Å². The van der Waals surface area contributed by atoms with E-state index in [1.807, 2.05) is 26.0 Å². The summed E-state index contributed by atoms with van der Waals surface area (Å²) >= 11 is 4.23. The zero-order valence-electron chi connectivity index (χ0n) is 21.7. The van der Waals surface area contributed by atoms with Crippen LogP contribution in [0.15, 0.2) is 39.7 Å². The van der Waals surface area contributed by atoms with Crippen LogP contribution in [0.2, 0.25) is 0 Å². The largest absolute Gasteiger partial charge is 0.493 e. The predicted molar refractivity (Wildman–Crippen MR) is 151 cm³/mol. The number of hydrogen-bond acceptors (Lipinski definition) is 8. The zero-order chi connectivity index (χ0) is 28.1. The molecule has 0 aromatic heterocycles. The van der Waals surface area contributed by atoms with E-state index in [0.29, 0.717) is 49.1 Å². The molecule has 0 atom stereocenters. The van der Waals surface area contributed by atoms with Crippen molar-refractivity contribution in [1.29, 1.82) is 0 Å². The van der Waals surface area contributed by atoms with Crippen molar-refractivity contribution >= 4 is 62.4 Å². The van der Waals surface area contributed by atoms with Gasteiger partial charge in [-0.2, -0.15) is 0 Å². The van der Waals surface area contributed by atoms with E-state index in [0.717, 1.165) is 32.3 Å². The number of nitrogens with one attached hydrogen (secondary N) is 1. The normalized spacial score (nSPS) is 16.6. The molecule has 206 valence electrons. The lowest BCUT2D eigenvalue weighted by Gasteiger charge is -2.28. The molecule has 2 aliphatic rings. The number of imide groups is 1. The molecule has 0 aliphatic carbocycles. The molecule has 0 bridgehead atoms. The first-order chi connectivity index (χ1) is 18.7. The molecule has 4 rings (SSSR count). The van der Waals surface area contributed by atoms with Gasteiger partial charge in [-0.15, -0.1) is 0 Å². The van der Waals surface area contributed by atoms with Gasteiger partial charge >= 0.3 is 0 Å². The highest BCUT2D eigenvalue weighted by Gasteiger charge is 2.37. The minimum absolute atomic E-state index is 0.198. The van der Waals surface area contributed by atoms with Gasteiger partial charge in [-0.25, -0.2) is 0 Å². The van der Waals surface area contributed by atoms with Gasteiger partial charge in [0.15, 0.2) is 18.1 Å². The molecule has 2 fully saturated rings. The maximum atomic E-state index is 12.9. The summed E-state index contributed by atoms with van der Waals surface area (Å²) in [6.07, 6.45) is 1.56. The van der Waals surface area contributed by atoms with Crippen LogP contribution in [0.4, 0.5) is 10.5 Å². The fourth-order valence-electron chi connectivity index (χ4n) is 3.94. The van der Waals surface area contributed by atoms with Crippen LogP contribution in [0.1, 0.15) is 16.7 Å². The molecule has 2 aromatic carbocycles. The van der Waals surface area contributed by atoms with Gasteiger partial charge in [0.2, 0.25) is 5.91 Å². The van der Waals surface area contributed by atoms with Gasteiger partial charge in [0.1, 0.15) is 6.54 Å². The molecular formula is C27H28BrN3O7S. The van der Waals surface area contributed by atoms with Crippen molar-refractivity contribution in [1.82, 2.24) is 9.80 Å². The Morgan fingerprint density at radius 1 is 1.10 bits per heavy atom. The van der Waals surface area contributed by atoms with Crippen LogP contribution in [0.25, 0.3) is 6.08 Å². The maximum absolute atomic E-state index is 12.9. The molecule has 1 N–H and O–H groups in total. The van der Waals surface area contributed by atoms with Crippen LogP contribution in [0, 0.1) is 13.8 Å². The Balaban J connectivity index is 1.39. The Morgan fingerprint density at radius 2 is 1.82 bits per heavy atom. The average Bonchev–Trinajstić information content (AvgIpc) is 3.18. The molecule has 0 saturated carbocycles. The average molecular weight is 619 g/mol. The first-order valence-corrected chi connectivity index (χ1v) is 13.8. The lowest BCUT2D eigenvalue weighted by Crippen LogP contribution is -2.46. The van der Waals surface area contributed by atoms with Gasteiger partial charge in [-0.05, 0) is 88.6 Å². The molecule has 2 aliphatic heterocycles. The Bertz CT molecular complexity index is 1340. The molecule has 2 aromatic rings. The van der Waals surface area contributed by atoms with Crippen molar-refractivity contribution < 1.29 is 33.4 Å². The van der Waals surface area contributed by atoms with E-state index in [1.54, 1.807) is 29.2 Å². The number of benzene rings is 2. The first kappa shape index (κ1) is 28.7. The highest BCUT2D eigenvalue weighted by atomic mass is 79.9. The van der Waals surface area contributed by atoms with Crippen molar-refractivity contribution in [2.75, 3.05) is 51.9 Å². The van der Waals surface area contributed by atoms with Gasteiger partial charge < -0.3 is 24.4 Å². The molecule has 2 saturated heterocycles. The summed E-state index contributed by atoms with van der Waals surface area (Å²) in [5.74, 6) is -0.469. The second kappa shape index (κ2) is 12.7. The quantitative estimate of drug-likeness (QED) is 0.442. The van der Waals surface area contributed by atoms with Gasteiger partial charge in [-0.1, -0.05) is 6.07 Å². The summed E-state index contributed by atoms with van der Waals surface area (Å²) in [4.78, 5) is 53.1. The van der Waals surface area contributed by atoms with Crippen LogP contribution in [-0.2, 0) is 19.1 Å². The van der Waals surface area contributed by atoms with E-state index < -0.39 is 11.1 Å². The van der Waals surface area contributed by atoms with Gasteiger partial charge in [0.25, 0.3) is 17.1 Å². The van der Waals surface area contributed by atoms with E-state index in [2.05, 4.69) is 21.2 Å². The predicted octanol–water partition coefficient (Wildman–Crippen LogP) is 3.99. The summed E-state index contributed by atoms with van der Waals surface area (Å²) in [5, 5.41) is 2.32. The standard InChI is InChI=1S/C27H28BrN3O7S/c1-16-10-19(28)20(11-17(16)2)29-24(32)15-38-21-5-4-18(12-22(21)36-3)13-23-26(34)31(27(35)39-23)14-25(33)30-6-8-37-9-7-30/h4-5,10-13H,6-9,14-15H2,1-3H3,(H,29,32)/b23-13+. The molecular weight excluding hydrogens is 590 g/mol. The minimum atomic E-state index is -0.528. The van der Waals surface area contributed by atoms with Crippen LogP contribution in [0.5, 0.6) is 11.5 Å². The molecule has 0 radical (unpaired) electrons. The second-order valence-electron chi connectivity index (χ2n) is 8.92. The van der Waals surface area contributed by atoms with Crippen LogP contribution >= 0.6 is 27.7 Å². The van der Waals surface area contributed by atoms with E-state index in [9.17, 15) is 19.2 Å². The number of anilines is 1. The molecule has 12 heteroatoms. The van der Waals surface area contributed by atoms with Gasteiger partial charge in [0, 0.05) is 17.6 Å². The Morgan fingerprint density at radius 3 is 2.54 bits per heavy atom. The van der Waals surface area contributed by atoms with Crippen molar-refractivity contribution in [3.05, 3.63) is 56.4 Å². The summed E-state index contributed by atoms with van der Waals surface area (Å²) < 4.78 is 17.1. The van der Waals surface area contributed by atoms with Crippen molar-refractivity contribution in [2.45, 2.75) is 13.8 Å². The second-order valence-corrected chi connectivity index (χ2v) is 10.8. The maximum Gasteiger partial charge on any atom is 0.294 e. The topological polar surface area (TPSA) is 114 Å². The van der Waals surface area contributed by atoms with E-state index in [4.69, 9.17) is 14.2 Å². The number of aryl methyl sites for hydroxylation is 2. The van der Waals surface area contributed by atoms with E-state index >= 15 is 0 Å². The number of hydrogen-bond donors (Lipinski definition) is 1. The molecule has 10 nitrogen and oxygen atoms in total. The highest BCUT2D eigenvalue weighted by Crippen LogP contribution is 2.35. The number of carbonyl (C=O) groups excluding carboxylic acids is 4. The number of morpholine rings is 1. The fourth-order valence-corrected chi connectivity index (χ4v) is 5.33. The Labute approximate surface area is 238 Å². The molecule has 39 heavy (non-hydrogen) atoms. The number of thioether (sulfide) groups is 1. The van der Waals surface area contributed by atoms with Crippen molar-refractivity contribution in [2.24, 2.45) is 0 Å². The Hall–Kier alpha value is -3.35. The number of nitrogens with zero attached hydrogens (tertiary/aromatic N) is 2. The number of halogens is 1. The fraction of sp³-hybridized carbons (Fsp3) is 0.333. The molecule has 0 unspecified atom stereocenters. The summed E-state index contributed by atoms with van der Waals surface area (Å²) in [5.41, 5.74) is 3.39. The van der Waals surface area contributed by atoms with Crippen molar-refractivity contribution in [3.8, 4) is 11.5 Å². The first-order valence-electron chi connectivity index (χ1n) is 12.1. The van der Waals surface area contributed by atoms with Crippen LogP contribution in [-0.4, -0.2) is 79.3 Å². The Kier molecular flexibility index (Phi) is 9.31. The smallest absolute Gasteiger partial charge is 0.294 e. The summed E-state index contributed by atoms with van der Waals surface area (Å²) in [7, 11) is 1.46. The lowest BCUT2D eigenvalue weighted by molar-refractivity contribution is -0.139. The lowest BCUT2D eigenvalue weighted by atomic mass is 10.1. The third-order valence-corrected chi connectivity index (χ3v) is 7.80. The van der Waals surface area contributed by atoms with Crippen LogP contribution in [0.3, 0.4) is 0 Å². The third-order valence-electron chi connectivity index (χ3n) is 6.23. The monoisotopic (exact) mass is 617 g/mol. The summed E-state index contributed by atoms with van der Waals surface area (Å²) in [6, 6.07) is 8.76. The number of rotatable bonds is 8. The van der Waals surface area contributed by atoms with Gasteiger partial charge in [-0.3, -0.25) is 24.1 Å². The molecule has 2 heterocycles. The van der Waals surface area contributed by atoms with Crippen molar-refractivity contribution in [3.63, 3.8) is 0 Å². The SMILES string of the molecule is COc1cc(/C=C2/SC(=O)N(CC(=O)N3CCOCC3)C2=O)ccc1OCC(=O)Nc1cc(C)c(C)cc1Br.